The van der Waals surface area contributed by atoms with Gasteiger partial charge in [0.15, 0.2) is 0 Å². The van der Waals surface area contributed by atoms with Crippen LogP contribution in [-0.4, -0.2) is 115 Å². The van der Waals surface area contributed by atoms with Crippen molar-refractivity contribution in [1.29, 1.82) is 0 Å². The Balaban J connectivity index is 0.000000420. The standard InChI is InChI=1S/2C12H18N2O6S/c2*13-8(11(17)18)2-1-7(15)3-6-4-21-5-9(12(19)20)14-10(6)16/h2*6,8-9H,1-5,13H2,(H,14,16)(H,17,18)(H,19,20)/t6-,8+,9+;6-,8+,9-/m11/s1. The third-order valence-electron chi connectivity index (χ3n) is 6.23. The van der Waals surface area contributed by atoms with Crippen molar-refractivity contribution in [3.63, 3.8) is 0 Å². The number of rotatable bonds is 14. The lowest BCUT2D eigenvalue weighted by molar-refractivity contribution is -0.142. The Bertz CT molecular complexity index is 963. The smallest absolute Gasteiger partial charge is 0.327 e. The molecular formula is C24H36N4O12S2. The highest BCUT2D eigenvalue weighted by atomic mass is 32.2. The van der Waals surface area contributed by atoms with Crippen LogP contribution in [0.15, 0.2) is 0 Å². The fourth-order valence-electron chi connectivity index (χ4n) is 3.67. The van der Waals surface area contributed by atoms with Gasteiger partial charge in [-0.05, 0) is 12.8 Å². The molecule has 0 radical (unpaired) electrons. The van der Waals surface area contributed by atoms with Crippen molar-refractivity contribution >= 4 is 70.8 Å². The quantitative estimate of drug-likeness (QED) is 0.104. The fraction of sp³-hybridized carbons (Fsp3) is 0.667. The van der Waals surface area contributed by atoms with E-state index in [1.807, 2.05) is 0 Å². The Morgan fingerprint density at radius 1 is 0.667 bits per heavy atom. The Morgan fingerprint density at radius 2 is 1.00 bits per heavy atom. The fourth-order valence-corrected chi connectivity index (χ4v) is 5.98. The van der Waals surface area contributed by atoms with E-state index in [1.165, 1.54) is 23.5 Å². The number of ketones is 2. The molecule has 2 aliphatic rings. The van der Waals surface area contributed by atoms with Gasteiger partial charge in [-0.1, -0.05) is 0 Å². The maximum absolute atomic E-state index is 11.9. The topological polar surface area (TPSA) is 294 Å². The molecule has 0 saturated carbocycles. The number of carboxylic acid groups (broad SMARTS) is 4. The molecule has 2 rings (SSSR count). The summed E-state index contributed by atoms with van der Waals surface area (Å²) in [6.07, 6.45) is -0.0373. The average Bonchev–Trinajstić information content (AvgIpc) is 3.21. The number of aliphatic carboxylic acids is 4. The molecule has 0 unspecified atom stereocenters. The highest BCUT2D eigenvalue weighted by Crippen LogP contribution is 2.20. The predicted molar refractivity (Wildman–Crippen MR) is 150 cm³/mol. The molecule has 18 heteroatoms. The van der Waals surface area contributed by atoms with Crippen molar-refractivity contribution in [2.45, 2.75) is 62.7 Å². The van der Waals surface area contributed by atoms with Gasteiger partial charge in [-0.15, -0.1) is 0 Å². The maximum atomic E-state index is 11.9. The van der Waals surface area contributed by atoms with Gasteiger partial charge in [0.25, 0.3) is 0 Å². The molecule has 2 amide bonds. The lowest BCUT2D eigenvalue weighted by Gasteiger charge is -2.13. The third kappa shape index (κ3) is 13.6. The number of carbonyl (C=O) groups is 8. The highest BCUT2D eigenvalue weighted by Gasteiger charge is 2.32. The molecule has 6 atom stereocenters. The molecule has 2 aliphatic heterocycles. The second-order valence-corrected chi connectivity index (χ2v) is 11.9. The molecule has 10 N–H and O–H groups in total. The number of nitrogens with two attached hydrogens (primary N) is 2. The Morgan fingerprint density at radius 3 is 1.29 bits per heavy atom. The highest BCUT2D eigenvalue weighted by molar-refractivity contribution is 7.99. The van der Waals surface area contributed by atoms with Gasteiger partial charge in [0.1, 0.15) is 35.7 Å². The van der Waals surface area contributed by atoms with Crippen molar-refractivity contribution in [2.75, 3.05) is 23.0 Å². The second-order valence-electron chi connectivity index (χ2n) is 9.72. The van der Waals surface area contributed by atoms with Crippen molar-refractivity contribution in [1.82, 2.24) is 10.6 Å². The number of carbonyl (C=O) groups excluding carboxylic acids is 4. The number of hydrogen-bond donors (Lipinski definition) is 8. The summed E-state index contributed by atoms with van der Waals surface area (Å²) >= 11 is 2.60. The van der Waals surface area contributed by atoms with E-state index >= 15 is 0 Å². The number of hydrogen-bond acceptors (Lipinski definition) is 12. The summed E-state index contributed by atoms with van der Waals surface area (Å²) in [6.45, 7) is 0. The zero-order chi connectivity index (χ0) is 32.0. The minimum absolute atomic E-state index is 0.00965. The SMILES string of the molecule is N[C@@H](CCC(=O)C[C@@H]1CSC[C@@H](C(=O)O)NC1=O)C(=O)O.N[C@@H](CCC(=O)C[C@@H]1CSC[C@H](C(=O)O)NC1=O)C(=O)O. The minimum Gasteiger partial charge on any atom is -0.480 e. The predicted octanol–water partition coefficient (Wildman–Crippen LogP) is -1.86. The van der Waals surface area contributed by atoms with Crippen LogP contribution >= 0.6 is 23.5 Å². The molecule has 0 bridgehead atoms. The molecule has 0 aromatic rings. The molecule has 42 heavy (non-hydrogen) atoms. The first-order valence-electron chi connectivity index (χ1n) is 12.8. The summed E-state index contributed by atoms with van der Waals surface area (Å²) in [5, 5.41) is 39.8. The van der Waals surface area contributed by atoms with Crippen LogP contribution in [0.4, 0.5) is 0 Å². The first-order chi connectivity index (χ1) is 19.6. The first-order valence-corrected chi connectivity index (χ1v) is 15.1. The number of thioether (sulfide) groups is 2. The number of nitrogens with one attached hydrogen (secondary N) is 2. The first kappa shape index (κ1) is 36.8. The summed E-state index contributed by atoms with van der Waals surface area (Å²) in [5.74, 6) is -5.88. The van der Waals surface area contributed by atoms with Crippen LogP contribution in [0.2, 0.25) is 0 Å². The molecule has 0 spiro atoms. The van der Waals surface area contributed by atoms with Crippen LogP contribution in [0.3, 0.4) is 0 Å². The third-order valence-corrected chi connectivity index (χ3v) is 8.64. The van der Waals surface area contributed by atoms with Crippen LogP contribution in [0, 0.1) is 11.8 Å². The van der Waals surface area contributed by atoms with Gasteiger partial charge in [-0.3, -0.25) is 28.8 Å². The molecule has 0 aliphatic carbocycles. The van der Waals surface area contributed by atoms with Crippen molar-refractivity contribution < 1.29 is 58.8 Å². The summed E-state index contributed by atoms with van der Waals surface area (Å²) < 4.78 is 0. The van der Waals surface area contributed by atoms with Crippen LogP contribution in [-0.2, 0) is 38.4 Å². The van der Waals surface area contributed by atoms with Gasteiger partial charge in [-0.25, -0.2) is 9.59 Å². The van der Waals surface area contributed by atoms with Crippen LogP contribution in [0.1, 0.15) is 38.5 Å². The monoisotopic (exact) mass is 636 g/mol. The second kappa shape index (κ2) is 18.3. The molecular weight excluding hydrogens is 600 g/mol. The lowest BCUT2D eigenvalue weighted by atomic mass is 9.99. The largest absolute Gasteiger partial charge is 0.480 e. The van der Waals surface area contributed by atoms with E-state index in [9.17, 15) is 38.4 Å². The normalized spacial score (nSPS) is 23.8. The van der Waals surface area contributed by atoms with E-state index in [2.05, 4.69) is 10.6 Å². The zero-order valence-electron chi connectivity index (χ0n) is 22.6. The van der Waals surface area contributed by atoms with Crippen LogP contribution in [0.25, 0.3) is 0 Å². The van der Waals surface area contributed by atoms with E-state index < -0.39 is 71.7 Å². The Kier molecular flexibility index (Phi) is 16.1. The molecule has 2 saturated heterocycles. The molecule has 2 fully saturated rings. The summed E-state index contributed by atoms with van der Waals surface area (Å²) in [4.78, 5) is 90.0. The van der Waals surface area contributed by atoms with E-state index in [0.717, 1.165) is 0 Å². The van der Waals surface area contributed by atoms with Gasteiger partial charge in [0.2, 0.25) is 11.8 Å². The van der Waals surface area contributed by atoms with E-state index in [1.54, 1.807) is 0 Å². The van der Waals surface area contributed by atoms with E-state index in [0.29, 0.717) is 11.5 Å². The Hall–Kier alpha value is -3.22. The van der Waals surface area contributed by atoms with Gasteiger partial charge in [0.05, 0.1) is 11.8 Å². The summed E-state index contributed by atoms with van der Waals surface area (Å²) in [5.41, 5.74) is 10.6. The number of Topliss-reactive ketones (excluding diaryl/α,β-unsaturated/α-hetero) is 2. The van der Waals surface area contributed by atoms with Gasteiger partial charge < -0.3 is 42.5 Å². The van der Waals surface area contributed by atoms with Gasteiger partial charge in [0, 0.05) is 48.7 Å². The van der Waals surface area contributed by atoms with E-state index in [4.69, 9.17) is 31.9 Å². The van der Waals surface area contributed by atoms with Crippen molar-refractivity contribution in [2.24, 2.45) is 23.3 Å². The Labute approximate surface area is 249 Å². The zero-order valence-corrected chi connectivity index (χ0v) is 24.2. The van der Waals surface area contributed by atoms with Crippen LogP contribution in [0.5, 0.6) is 0 Å². The van der Waals surface area contributed by atoms with Crippen LogP contribution < -0.4 is 22.1 Å². The average molecular weight is 637 g/mol. The lowest BCUT2D eigenvalue weighted by Crippen LogP contribution is -2.43. The van der Waals surface area contributed by atoms with E-state index in [-0.39, 0.29) is 61.6 Å². The summed E-state index contributed by atoms with van der Waals surface area (Å²) in [6, 6.07) is -4.07. The molecule has 16 nitrogen and oxygen atoms in total. The number of carboxylic acids is 4. The maximum Gasteiger partial charge on any atom is 0.327 e. The molecule has 236 valence electrons. The van der Waals surface area contributed by atoms with Crippen molar-refractivity contribution in [3.05, 3.63) is 0 Å². The molecule has 0 aromatic carbocycles. The molecule has 2 heterocycles. The van der Waals surface area contributed by atoms with Gasteiger partial charge in [-0.2, -0.15) is 23.5 Å². The van der Waals surface area contributed by atoms with Gasteiger partial charge >= 0.3 is 23.9 Å². The molecule has 0 aromatic heterocycles. The minimum atomic E-state index is -1.17. The van der Waals surface area contributed by atoms with Crippen molar-refractivity contribution in [3.8, 4) is 0 Å². The number of amides is 2. The summed E-state index contributed by atoms with van der Waals surface area (Å²) in [7, 11) is 0.